The van der Waals surface area contributed by atoms with E-state index in [4.69, 9.17) is 16.3 Å². The Hall–Kier alpha value is -2.60. The summed E-state index contributed by atoms with van der Waals surface area (Å²) in [5.41, 5.74) is 1.60. The molecule has 0 bridgehead atoms. The molecule has 26 heavy (non-hydrogen) atoms. The molecule has 1 N–H and O–H groups in total. The molecular formula is C19H18ClFN2O3. The van der Waals surface area contributed by atoms with Crippen molar-refractivity contribution in [2.75, 3.05) is 23.9 Å². The van der Waals surface area contributed by atoms with Gasteiger partial charge in [-0.2, -0.15) is 0 Å². The van der Waals surface area contributed by atoms with Crippen LogP contribution in [0.2, 0.25) is 5.02 Å². The number of halogens is 2. The molecule has 2 aromatic carbocycles. The number of nitrogens with one attached hydrogen (secondary N) is 1. The molecule has 0 aromatic heterocycles. The zero-order valence-corrected chi connectivity index (χ0v) is 15.1. The van der Waals surface area contributed by atoms with Gasteiger partial charge in [-0.15, -0.1) is 0 Å². The van der Waals surface area contributed by atoms with Crippen molar-refractivity contribution in [2.24, 2.45) is 5.92 Å². The SMILES string of the molecule is COc1ccc(C)cc1N1CC(C(=O)Nc2cc(Cl)ccc2F)CC1=O. The predicted molar refractivity (Wildman–Crippen MR) is 98.2 cm³/mol. The number of anilines is 2. The van der Waals surface area contributed by atoms with Gasteiger partial charge < -0.3 is 15.0 Å². The Morgan fingerprint density at radius 2 is 2.08 bits per heavy atom. The third-order valence-corrected chi connectivity index (χ3v) is 4.54. The molecular weight excluding hydrogens is 359 g/mol. The van der Waals surface area contributed by atoms with E-state index in [-0.39, 0.29) is 24.6 Å². The maximum atomic E-state index is 13.8. The van der Waals surface area contributed by atoms with Gasteiger partial charge in [-0.3, -0.25) is 9.59 Å². The van der Waals surface area contributed by atoms with Gasteiger partial charge in [-0.25, -0.2) is 4.39 Å². The van der Waals surface area contributed by atoms with Crippen molar-refractivity contribution in [3.63, 3.8) is 0 Å². The van der Waals surface area contributed by atoms with E-state index in [1.807, 2.05) is 19.1 Å². The van der Waals surface area contributed by atoms with Crippen LogP contribution in [0.15, 0.2) is 36.4 Å². The van der Waals surface area contributed by atoms with E-state index in [2.05, 4.69) is 5.32 Å². The van der Waals surface area contributed by atoms with Crippen LogP contribution in [0.25, 0.3) is 0 Å². The summed E-state index contributed by atoms with van der Waals surface area (Å²) in [7, 11) is 1.53. The molecule has 1 atom stereocenters. The van der Waals surface area contributed by atoms with Crippen LogP contribution in [0.3, 0.4) is 0 Å². The van der Waals surface area contributed by atoms with Crippen molar-refractivity contribution in [2.45, 2.75) is 13.3 Å². The Morgan fingerprint density at radius 3 is 2.81 bits per heavy atom. The summed E-state index contributed by atoms with van der Waals surface area (Å²) < 4.78 is 19.1. The van der Waals surface area contributed by atoms with Crippen LogP contribution in [0.1, 0.15) is 12.0 Å². The van der Waals surface area contributed by atoms with Crippen molar-refractivity contribution >= 4 is 34.8 Å². The second kappa shape index (κ2) is 7.33. The van der Waals surface area contributed by atoms with E-state index >= 15 is 0 Å². The molecule has 0 radical (unpaired) electrons. The lowest BCUT2D eigenvalue weighted by Gasteiger charge is -2.20. The largest absolute Gasteiger partial charge is 0.495 e. The summed E-state index contributed by atoms with van der Waals surface area (Å²) in [5, 5.41) is 2.83. The van der Waals surface area contributed by atoms with Gasteiger partial charge in [-0.05, 0) is 42.8 Å². The van der Waals surface area contributed by atoms with Crippen LogP contribution in [0.4, 0.5) is 15.8 Å². The molecule has 7 heteroatoms. The van der Waals surface area contributed by atoms with E-state index < -0.39 is 17.6 Å². The van der Waals surface area contributed by atoms with Crippen molar-refractivity contribution in [3.05, 3.63) is 52.8 Å². The van der Waals surface area contributed by atoms with E-state index in [0.717, 1.165) is 5.56 Å². The van der Waals surface area contributed by atoms with E-state index in [1.165, 1.54) is 30.2 Å². The number of carbonyl (C=O) groups is 2. The molecule has 1 aliphatic heterocycles. The van der Waals surface area contributed by atoms with Crippen LogP contribution in [-0.4, -0.2) is 25.5 Å². The lowest BCUT2D eigenvalue weighted by molar-refractivity contribution is -0.122. The third kappa shape index (κ3) is 3.65. The number of rotatable bonds is 4. The molecule has 2 amide bonds. The summed E-state index contributed by atoms with van der Waals surface area (Å²) in [6.07, 6.45) is 0.0467. The third-order valence-electron chi connectivity index (χ3n) is 4.31. The first-order valence-corrected chi connectivity index (χ1v) is 8.47. The first-order chi connectivity index (χ1) is 12.4. The van der Waals surface area contributed by atoms with Crippen molar-refractivity contribution in [1.82, 2.24) is 0 Å². The smallest absolute Gasteiger partial charge is 0.229 e. The Morgan fingerprint density at radius 1 is 1.31 bits per heavy atom. The number of aryl methyl sites for hydroxylation is 1. The Bertz CT molecular complexity index is 872. The predicted octanol–water partition coefficient (Wildman–Crippen LogP) is 3.79. The average Bonchev–Trinajstić information content (AvgIpc) is 3.00. The fraction of sp³-hybridized carbons (Fsp3) is 0.263. The maximum Gasteiger partial charge on any atom is 0.229 e. The second-order valence-electron chi connectivity index (χ2n) is 6.19. The lowest BCUT2D eigenvalue weighted by Crippen LogP contribution is -2.28. The van der Waals surface area contributed by atoms with Gasteiger partial charge in [0.25, 0.3) is 0 Å². The van der Waals surface area contributed by atoms with Crippen LogP contribution in [-0.2, 0) is 9.59 Å². The molecule has 1 saturated heterocycles. The molecule has 5 nitrogen and oxygen atoms in total. The Kier molecular flexibility index (Phi) is 5.13. The van der Waals surface area contributed by atoms with E-state index in [1.54, 1.807) is 6.07 Å². The summed E-state index contributed by atoms with van der Waals surface area (Å²) in [4.78, 5) is 26.5. The van der Waals surface area contributed by atoms with Gasteiger partial charge in [-0.1, -0.05) is 17.7 Å². The second-order valence-corrected chi connectivity index (χ2v) is 6.63. The fourth-order valence-corrected chi connectivity index (χ4v) is 3.13. The van der Waals surface area contributed by atoms with E-state index in [9.17, 15) is 14.0 Å². The van der Waals surface area contributed by atoms with Crippen LogP contribution >= 0.6 is 11.6 Å². The normalized spacial score (nSPS) is 16.7. The molecule has 3 rings (SSSR count). The first kappa shape index (κ1) is 18.2. The van der Waals surface area contributed by atoms with Crippen LogP contribution in [0.5, 0.6) is 5.75 Å². The number of methoxy groups -OCH3 is 1. The first-order valence-electron chi connectivity index (χ1n) is 8.10. The molecule has 1 heterocycles. The number of hydrogen-bond donors (Lipinski definition) is 1. The number of hydrogen-bond acceptors (Lipinski definition) is 3. The summed E-state index contributed by atoms with van der Waals surface area (Å²) in [6.45, 7) is 2.11. The zero-order valence-electron chi connectivity index (χ0n) is 14.4. The molecule has 1 aliphatic rings. The van der Waals surface area contributed by atoms with Gasteiger partial charge in [0.15, 0.2) is 0 Å². The summed E-state index contributed by atoms with van der Waals surface area (Å²) in [6, 6.07) is 9.43. The Balaban J connectivity index is 1.78. The van der Waals surface area contributed by atoms with Gasteiger partial charge in [0.1, 0.15) is 11.6 Å². The molecule has 0 aliphatic carbocycles. The fourth-order valence-electron chi connectivity index (χ4n) is 2.96. The highest BCUT2D eigenvalue weighted by Crippen LogP contribution is 2.34. The highest BCUT2D eigenvalue weighted by atomic mass is 35.5. The quantitative estimate of drug-likeness (QED) is 0.883. The summed E-state index contributed by atoms with van der Waals surface area (Å²) >= 11 is 5.84. The van der Waals surface area contributed by atoms with Gasteiger partial charge in [0.05, 0.1) is 24.4 Å². The summed E-state index contributed by atoms with van der Waals surface area (Å²) in [5.74, 6) is -1.21. The zero-order chi connectivity index (χ0) is 18.8. The molecule has 0 saturated carbocycles. The van der Waals surface area contributed by atoms with Crippen molar-refractivity contribution < 1.29 is 18.7 Å². The van der Waals surface area contributed by atoms with Gasteiger partial charge in [0, 0.05) is 18.0 Å². The van der Waals surface area contributed by atoms with Crippen molar-refractivity contribution in [1.29, 1.82) is 0 Å². The number of nitrogens with zero attached hydrogens (tertiary/aromatic N) is 1. The minimum Gasteiger partial charge on any atom is -0.495 e. The molecule has 1 unspecified atom stereocenters. The van der Waals surface area contributed by atoms with E-state index in [0.29, 0.717) is 16.5 Å². The number of benzene rings is 2. The topological polar surface area (TPSA) is 58.6 Å². The van der Waals surface area contributed by atoms with Crippen LogP contribution in [0, 0.1) is 18.7 Å². The minimum absolute atomic E-state index is 0.00142. The number of carbonyl (C=O) groups excluding carboxylic acids is 2. The Labute approximate surface area is 155 Å². The molecule has 1 fully saturated rings. The number of ether oxygens (including phenoxy) is 1. The highest BCUT2D eigenvalue weighted by molar-refractivity contribution is 6.30. The van der Waals surface area contributed by atoms with Gasteiger partial charge in [0.2, 0.25) is 11.8 Å². The minimum atomic E-state index is -0.592. The number of amides is 2. The van der Waals surface area contributed by atoms with Gasteiger partial charge >= 0.3 is 0 Å². The molecule has 136 valence electrons. The van der Waals surface area contributed by atoms with Crippen molar-refractivity contribution in [3.8, 4) is 5.75 Å². The van der Waals surface area contributed by atoms with Crippen LogP contribution < -0.4 is 15.0 Å². The average molecular weight is 377 g/mol. The monoisotopic (exact) mass is 376 g/mol. The molecule has 2 aromatic rings. The highest BCUT2D eigenvalue weighted by Gasteiger charge is 2.36. The molecule has 0 spiro atoms. The maximum absolute atomic E-state index is 13.8. The lowest BCUT2D eigenvalue weighted by atomic mass is 10.1. The standard InChI is InChI=1S/C19H18ClFN2O3/c1-11-3-6-17(26-2)16(7-11)23-10-12(8-18(23)24)19(25)22-15-9-13(20)4-5-14(15)21/h3-7,9,12H,8,10H2,1-2H3,(H,22,25).